The molecule has 3 aromatic carbocycles. The zero-order valence-corrected chi connectivity index (χ0v) is 17.9. The number of nitrogens with zero attached hydrogens (tertiary/aromatic N) is 1. The van der Waals surface area contributed by atoms with Gasteiger partial charge in [-0.1, -0.05) is 60.7 Å². The number of piperidine rings is 1. The normalized spacial score (nSPS) is 24.6. The molecule has 2 aliphatic rings. The minimum atomic E-state index is -0.225. The van der Waals surface area contributed by atoms with Gasteiger partial charge in [-0.2, -0.15) is 0 Å². The minimum Gasteiger partial charge on any atom is -0.496 e. The van der Waals surface area contributed by atoms with Gasteiger partial charge >= 0.3 is 0 Å². The number of nitrogens with one attached hydrogen (secondary N) is 1. The predicted molar refractivity (Wildman–Crippen MR) is 122 cm³/mol. The summed E-state index contributed by atoms with van der Waals surface area (Å²) in [5, 5.41) is 3.81. The molecule has 1 N–H and O–H groups in total. The van der Waals surface area contributed by atoms with Crippen molar-refractivity contribution in [2.75, 3.05) is 20.2 Å². The molecule has 5 rings (SSSR count). The summed E-state index contributed by atoms with van der Waals surface area (Å²) in [6, 6.07) is 27.1. The molecule has 2 saturated heterocycles. The topological polar surface area (TPSA) is 24.5 Å². The highest BCUT2D eigenvalue weighted by atomic mass is 19.1. The summed E-state index contributed by atoms with van der Waals surface area (Å²) < 4.78 is 19.4. The highest BCUT2D eigenvalue weighted by molar-refractivity contribution is 5.37. The second-order valence-corrected chi connectivity index (χ2v) is 8.70. The first-order valence-corrected chi connectivity index (χ1v) is 11.1. The van der Waals surface area contributed by atoms with E-state index in [0.717, 1.165) is 24.4 Å². The van der Waals surface area contributed by atoms with Crippen molar-refractivity contribution in [3.05, 3.63) is 101 Å². The van der Waals surface area contributed by atoms with Gasteiger partial charge in [0.15, 0.2) is 0 Å². The Balaban J connectivity index is 1.47. The molecule has 0 spiro atoms. The maximum absolute atomic E-state index is 13.9. The second kappa shape index (κ2) is 8.81. The van der Waals surface area contributed by atoms with E-state index in [1.54, 1.807) is 19.2 Å². The van der Waals surface area contributed by atoms with Crippen LogP contribution < -0.4 is 10.1 Å². The number of fused-ring (bicyclic) bond motifs is 2. The fraction of sp³-hybridized carbons (Fsp3) is 0.333. The van der Waals surface area contributed by atoms with Crippen LogP contribution in [0.4, 0.5) is 4.39 Å². The van der Waals surface area contributed by atoms with Crippen LogP contribution in [0.2, 0.25) is 0 Å². The first-order valence-electron chi connectivity index (χ1n) is 11.1. The smallest absolute Gasteiger partial charge is 0.123 e. The van der Waals surface area contributed by atoms with E-state index in [1.165, 1.54) is 23.6 Å². The molecule has 0 aromatic heterocycles. The first kappa shape index (κ1) is 20.2. The Labute approximate surface area is 183 Å². The van der Waals surface area contributed by atoms with Crippen molar-refractivity contribution in [3.8, 4) is 5.75 Å². The zero-order valence-electron chi connectivity index (χ0n) is 17.9. The van der Waals surface area contributed by atoms with Gasteiger partial charge in [0.05, 0.1) is 7.11 Å². The molecule has 4 heteroatoms. The van der Waals surface area contributed by atoms with Crippen LogP contribution in [0.3, 0.4) is 0 Å². The maximum Gasteiger partial charge on any atom is 0.123 e. The third kappa shape index (κ3) is 3.98. The lowest BCUT2D eigenvalue weighted by atomic mass is 9.78. The van der Waals surface area contributed by atoms with E-state index in [1.807, 2.05) is 0 Å². The predicted octanol–water partition coefficient (Wildman–Crippen LogP) is 4.83. The van der Waals surface area contributed by atoms with Crippen molar-refractivity contribution in [1.29, 1.82) is 0 Å². The number of rotatable bonds is 7. The van der Waals surface area contributed by atoms with E-state index in [4.69, 9.17) is 4.74 Å². The Hall–Kier alpha value is -2.69. The van der Waals surface area contributed by atoms with Gasteiger partial charge in [0.1, 0.15) is 11.6 Å². The van der Waals surface area contributed by atoms with Crippen LogP contribution in [0.25, 0.3) is 0 Å². The summed E-state index contributed by atoms with van der Waals surface area (Å²) in [6.07, 6.45) is 1.21. The number of halogens is 1. The molecule has 2 bridgehead atoms. The monoisotopic (exact) mass is 416 g/mol. The van der Waals surface area contributed by atoms with Crippen LogP contribution in [0.1, 0.15) is 29.0 Å². The summed E-state index contributed by atoms with van der Waals surface area (Å²) in [6.45, 7) is 2.87. The van der Waals surface area contributed by atoms with E-state index < -0.39 is 0 Å². The highest BCUT2D eigenvalue weighted by Crippen LogP contribution is 2.43. The summed E-state index contributed by atoms with van der Waals surface area (Å²) in [5.41, 5.74) is 3.57. The molecule has 0 amide bonds. The molecule has 3 aromatic rings. The number of hydrogen-bond donors (Lipinski definition) is 1. The van der Waals surface area contributed by atoms with Gasteiger partial charge < -0.3 is 10.1 Å². The van der Waals surface area contributed by atoms with Crippen LogP contribution >= 0.6 is 0 Å². The minimum absolute atomic E-state index is 0.225. The molecule has 4 unspecified atom stereocenters. The molecule has 2 heterocycles. The van der Waals surface area contributed by atoms with Crippen molar-refractivity contribution in [2.24, 2.45) is 5.92 Å². The third-order valence-electron chi connectivity index (χ3n) is 6.98. The average Bonchev–Trinajstić information content (AvgIpc) is 3.42. The summed E-state index contributed by atoms with van der Waals surface area (Å²) in [5.74, 6) is 1.41. The van der Waals surface area contributed by atoms with Crippen LogP contribution in [-0.4, -0.2) is 37.2 Å². The Bertz CT molecular complexity index is 971. The van der Waals surface area contributed by atoms with Gasteiger partial charge in [-0.05, 0) is 48.2 Å². The maximum atomic E-state index is 13.9. The van der Waals surface area contributed by atoms with Gasteiger partial charge in [0, 0.05) is 36.7 Å². The van der Waals surface area contributed by atoms with Crippen molar-refractivity contribution in [2.45, 2.75) is 31.0 Å². The Morgan fingerprint density at radius 1 is 1.00 bits per heavy atom. The lowest BCUT2D eigenvalue weighted by molar-refractivity contribution is 0.197. The van der Waals surface area contributed by atoms with E-state index >= 15 is 0 Å². The fourth-order valence-corrected chi connectivity index (χ4v) is 5.61. The van der Waals surface area contributed by atoms with Crippen LogP contribution in [0.15, 0.2) is 78.9 Å². The van der Waals surface area contributed by atoms with E-state index in [2.05, 4.69) is 70.9 Å². The van der Waals surface area contributed by atoms with E-state index in [-0.39, 0.29) is 5.82 Å². The fourth-order valence-electron chi connectivity index (χ4n) is 5.61. The van der Waals surface area contributed by atoms with Crippen LogP contribution in [-0.2, 0) is 6.54 Å². The molecule has 0 aliphatic carbocycles. The highest BCUT2D eigenvalue weighted by Gasteiger charge is 2.49. The van der Waals surface area contributed by atoms with Gasteiger partial charge in [-0.15, -0.1) is 0 Å². The molecule has 160 valence electrons. The molecule has 2 fully saturated rings. The van der Waals surface area contributed by atoms with Gasteiger partial charge in [0.2, 0.25) is 0 Å². The molecule has 4 atom stereocenters. The van der Waals surface area contributed by atoms with E-state index in [9.17, 15) is 4.39 Å². The summed E-state index contributed by atoms with van der Waals surface area (Å²) >= 11 is 0. The van der Waals surface area contributed by atoms with Gasteiger partial charge in [-0.25, -0.2) is 4.39 Å². The lowest BCUT2D eigenvalue weighted by Gasteiger charge is -2.39. The van der Waals surface area contributed by atoms with Gasteiger partial charge in [-0.3, -0.25) is 4.90 Å². The molecule has 0 radical (unpaired) electrons. The van der Waals surface area contributed by atoms with Crippen molar-refractivity contribution in [1.82, 2.24) is 10.2 Å². The summed E-state index contributed by atoms with van der Waals surface area (Å²) in [4.78, 5) is 2.65. The number of ether oxygens (including phenoxy) is 1. The molecule has 2 aliphatic heterocycles. The lowest BCUT2D eigenvalue weighted by Crippen LogP contribution is -2.50. The number of methoxy groups -OCH3 is 1. The molecule has 3 nitrogen and oxygen atoms in total. The Kier molecular flexibility index (Phi) is 5.75. The van der Waals surface area contributed by atoms with Crippen molar-refractivity contribution < 1.29 is 9.13 Å². The Morgan fingerprint density at radius 3 is 2.32 bits per heavy atom. The molecule has 31 heavy (non-hydrogen) atoms. The number of hydrogen-bond acceptors (Lipinski definition) is 3. The SMILES string of the molecule is COc1ccc(F)cc1CNC1C2CCN(C2)C1C(c1ccccc1)c1ccccc1. The number of benzene rings is 3. The quantitative estimate of drug-likeness (QED) is 0.597. The van der Waals surface area contributed by atoms with Crippen molar-refractivity contribution >= 4 is 0 Å². The third-order valence-corrected chi connectivity index (χ3v) is 6.98. The first-order chi connectivity index (χ1) is 15.2. The average molecular weight is 417 g/mol. The van der Waals surface area contributed by atoms with Crippen LogP contribution in [0, 0.1) is 11.7 Å². The largest absolute Gasteiger partial charge is 0.496 e. The van der Waals surface area contributed by atoms with E-state index in [0.29, 0.717) is 30.5 Å². The molecular formula is C27H29FN2O. The second-order valence-electron chi connectivity index (χ2n) is 8.70. The standard InChI is InChI=1S/C27H29FN2O/c1-31-24-13-12-23(28)16-22(24)17-29-26-21-14-15-30(18-21)27(26)25(19-8-4-2-5-9-19)20-10-6-3-7-11-20/h2-13,16,21,25-27,29H,14-15,17-18H2,1H3. The zero-order chi connectivity index (χ0) is 21.2. The van der Waals surface area contributed by atoms with Crippen molar-refractivity contribution in [3.63, 3.8) is 0 Å². The van der Waals surface area contributed by atoms with Crippen LogP contribution in [0.5, 0.6) is 5.75 Å². The Morgan fingerprint density at radius 2 is 1.68 bits per heavy atom. The summed E-state index contributed by atoms with van der Waals surface area (Å²) in [7, 11) is 1.64. The van der Waals surface area contributed by atoms with Gasteiger partial charge in [0.25, 0.3) is 0 Å². The molecular weight excluding hydrogens is 387 g/mol. The molecule has 0 saturated carbocycles.